The van der Waals surface area contributed by atoms with Crippen molar-refractivity contribution >= 4 is 11.9 Å². The Hall–Kier alpha value is -2.25. The number of hydrogen-bond donors (Lipinski definition) is 0. The number of aromatic nitrogens is 3. The van der Waals surface area contributed by atoms with Gasteiger partial charge in [-0.1, -0.05) is 28.2 Å². The summed E-state index contributed by atoms with van der Waals surface area (Å²) in [5.74, 6) is 2.72. The smallest absolute Gasteiger partial charge is 0.354 e. The minimum absolute atomic E-state index is 0.247. The van der Waals surface area contributed by atoms with Gasteiger partial charge in [-0.25, -0.2) is 4.57 Å². The summed E-state index contributed by atoms with van der Waals surface area (Å²) in [4.78, 5) is 14.6. The van der Waals surface area contributed by atoms with Gasteiger partial charge in [0.15, 0.2) is 0 Å². The molecule has 2 saturated heterocycles. The SMILES string of the molecule is CC(C)[n+]1c(-c2ccccc2)nc(N2CCOCC2)nc1N1CCOCC1. The number of hydrogen-bond acceptors (Lipinski definition) is 6. The van der Waals surface area contributed by atoms with E-state index in [2.05, 4.69) is 52.5 Å². The Morgan fingerprint density at radius 1 is 0.852 bits per heavy atom. The lowest BCUT2D eigenvalue weighted by Crippen LogP contribution is -2.51. The molecule has 0 aliphatic carbocycles. The van der Waals surface area contributed by atoms with Crippen LogP contribution < -0.4 is 14.4 Å². The van der Waals surface area contributed by atoms with E-state index in [1.54, 1.807) is 0 Å². The van der Waals surface area contributed by atoms with Crippen LogP contribution in [0, 0.1) is 0 Å². The van der Waals surface area contributed by atoms with Crippen LogP contribution in [0.4, 0.5) is 11.9 Å². The molecule has 0 bridgehead atoms. The highest BCUT2D eigenvalue weighted by molar-refractivity contribution is 5.54. The highest BCUT2D eigenvalue weighted by Crippen LogP contribution is 2.23. The summed E-state index contributed by atoms with van der Waals surface area (Å²) in [6.07, 6.45) is 0. The molecule has 3 heterocycles. The first-order valence-electron chi connectivity index (χ1n) is 9.78. The van der Waals surface area contributed by atoms with Crippen LogP contribution in [0.2, 0.25) is 0 Å². The van der Waals surface area contributed by atoms with Gasteiger partial charge in [0.25, 0.3) is 0 Å². The molecule has 0 unspecified atom stereocenters. The number of benzene rings is 1. The normalized spacial score (nSPS) is 18.2. The molecule has 27 heavy (non-hydrogen) atoms. The second-order valence-corrected chi connectivity index (χ2v) is 7.18. The van der Waals surface area contributed by atoms with Gasteiger partial charge >= 0.3 is 11.9 Å². The van der Waals surface area contributed by atoms with Gasteiger partial charge in [-0.15, -0.1) is 0 Å². The maximum atomic E-state index is 5.56. The maximum Gasteiger partial charge on any atom is 0.354 e. The third-order valence-electron chi connectivity index (χ3n) is 4.99. The number of rotatable bonds is 4. The zero-order valence-electron chi connectivity index (χ0n) is 16.2. The summed E-state index contributed by atoms with van der Waals surface area (Å²) in [5.41, 5.74) is 1.11. The zero-order chi connectivity index (χ0) is 18.6. The third kappa shape index (κ3) is 3.89. The summed E-state index contributed by atoms with van der Waals surface area (Å²) in [6.45, 7) is 10.6. The van der Waals surface area contributed by atoms with Gasteiger partial charge in [0, 0.05) is 18.7 Å². The van der Waals surface area contributed by atoms with Crippen molar-refractivity contribution in [3.8, 4) is 11.4 Å². The van der Waals surface area contributed by atoms with E-state index < -0.39 is 0 Å². The molecule has 1 aromatic carbocycles. The molecule has 4 rings (SSSR count). The highest BCUT2D eigenvalue weighted by atomic mass is 16.5. The quantitative estimate of drug-likeness (QED) is 0.764. The van der Waals surface area contributed by atoms with Crippen LogP contribution in [0.15, 0.2) is 30.3 Å². The molecular formula is C20H28N5O2+. The maximum absolute atomic E-state index is 5.56. The molecule has 1 aromatic heterocycles. The van der Waals surface area contributed by atoms with Gasteiger partial charge < -0.3 is 14.4 Å². The van der Waals surface area contributed by atoms with E-state index in [0.29, 0.717) is 0 Å². The minimum atomic E-state index is 0.247. The molecular weight excluding hydrogens is 342 g/mol. The number of anilines is 2. The molecule has 7 nitrogen and oxygen atoms in total. The van der Waals surface area contributed by atoms with Crippen LogP contribution in [0.25, 0.3) is 11.4 Å². The van der Waals surface area contributed by atoms with E-state index in [1.165, 1.54) is 0 Å². The Morgan fingerprint density at radius 2 is 1.44 bits per heavy atom. The first-order chi connectivity index (χ1) is 13.2. The average molecular weight is 370 g/mol. The van der Waals surface area contributed by atoms with Crippen molar-refractivity contribution in [2.75, 3.05) is 62.4 Å². The van der Waals surface area contributed by atoms with Crippen molar-refractivity contribution in [3.05, 3.63) is 30.3 Å². The van der Waals surface area contributed by atoms with Crippen LogP contribution in [-0.2, 0) is 9.47 Å². The predicted octanol–water partition coefficient (Wildman–Crippen LogP) is 1.69. The van der Waals surface area contributed by atoms with E-state index in [0.717, 1.165) is 75.9 Å². The molecule has 0 radical (unpaired) electrons. The first-order valence-corrected chi connectivity index (χ1v) is 9.78. The van der Waals surface area contributed by atoms with Gasteiger partial charge in [-0.05, 0) is 26.0 Å². The molecule has 2 aliphatic rings. The van der Waals surface area contributed by atoms with E-state index in [-0.39, 0.29) is 6.04 Å². The molecule has 2 aliphatic heterocycles. The fourth-order valence-corrected chi connectivity index (χ4v) is 3.57. The molecule has 144 valence electrons. The second-order valence-electron chi connectivity index (χ2n) is 7.18. The van der Waals surface area contributed by atoms with Gasteiger partial charge in [-0.2, -0.15) is 0 Å². The Bertz CT molecular complexity index is 756. The van der Waals surface area contributed by atoms with Crippen molar-refractivity contribution in [3.63, 3.8) is 0 Å². The summed E-state index contributed by atoms with van der Waals surface area (Å²) in [6, 6.07) is 10.6. The second kappa shape index (κ2) is 8.19. The van der Waals surface area contributed by atoms with Crippen molar-refractivity contribution in [2.24, 2.45) is 0 Å². The Labute approximate surface area is 160 Å². The van der Waals surface area contributed by atoms with Crippen LogP contribution in [0.5, 0.6) is 0 Å². The standard InChI is InChI=1S/C20H28N5O2/c1-16(2)25-18(17-6-4-3-5-7-17)21-19(23-8-12-26-13-9-23)22-20(25)24-10-14-27-15-11-24/h3-7,16H,8-15H2,1-2H3/q+1. The number of nitrogens with zero attached hydrogens (tertiary/aromatic N) is 5. The predicted molar refractivity (Wildman–Crippen MR) is 104 cm³/mol. The van der Waals surface area contributed by atoms with Gasteiger partial charge in [0.05, 0.1) is 45.6 Å². The van der Waals surface area contributed by atoms with Crippen LogP contribution >= 0.6 is 0 Å². The molecule has 0 atom stereocenters. The molecule has 2 fully saturated rings. The first kappa shape index (κ1) is 18.1. The molecule has 0 spiro atoms. The van der Waals surface area contributed by atoms with E-state index in [1.807, 2.05) is 6.07 Å². The van der Waals surface area contributed by atoms with Crippen molar-refractivity contribution < 1.29 is 14.0 Å². The lowest BCUT2D eigenvalue weighted by atomic mass is 10.2. The highest BCUT2D eigenvalue weighted by Gasteiger charge is 2.31. The summed E-state index contributed by atoms with van der Waals surface area (Å²) in [7, 11) is 0. The number of morpholine rings is 2. The fraction of sp³-hybridized carbons (Fsp3) is 0.550. The van der Waals surface area contributed by atoms with Gasteiger partial charge in [0.2, 0.25) is 5.82 Å². The molecule has 0 saturated carbocycles. The van der Waals surface area contributed by atoms with Crippen molar-refractivity contribution in [2.45, 2.75) is 19.9 Å². The molecule has 0 N–H and O–H groups in total. The van der Waals surface area contributed by atoms with E-state index in [9.17, 15) is 0 Å². The van der Waals surface area contributed by atoms with Crippen molar-refractivity contribution in [1.82, 2.24) is 9.97 Å². The summed E-state index contributed by atoms with van der Waals surface area (Å²) >= 11 is 0. The van der Waals surface area contributed by atoms with Crippen molar-refractivity contribution in [1.29, 1.82) is 0 Å². The average Bonchev–Trinajstić information content (AvgIpc) is 2.74. The third-order valence-corrected chi connectivity index (χ3v) is 4.99. The lowest BCUT2D eigenvalue weighted by molar-refractivity contribution is -0.698. The Kier molecular flexibility index (Phi) is 5.50. The molecule has 7 heteroatoms. The fourth-order valence-electron chi connectivity index (χ4n) is 3.57. The summed E-state index contributed by atoms with van der Waals surface area (Å²) < 4.78 is 13.3. The minimum Gasteiger partial charge on any atom is -0.378 e. The van der Waals surface area contributed by atoms with Crippen LogP contribution in [0.3, 0.4) is 0 Å². The topological polar surface area (TPSA) is 54.6 Å². The number of ether oxygens (including phenoxy) is 2. The Morgan fingerprint density at radius 3 is 2.04 bits per heavy atom. The lowest BCUT2D eigenvalue weighted by Gasteiger charge is -2.29. The van der Waals surface area contributed by atoms with Gasteiger partial charge in [-0.3, -0.25) is 4.90 Å². The van der Waals surface area contributed by atoms with E-state index >= 15 is 0 Å². The zero-order valence-corrected chi connectivity index (χ0v) is 16.2. The van der Waals surface area contributed by atoms with Gasteiger partial charge in [0.1, 0.15) is 0 Å². The molecule has 2 aromatic rings. The summed E-state index contributed by atoms with van der Waals surface area (Å²) in [5, 5.41) is 0. The monoisotopic (exact) mass is 370 g/mol. The van der Waals surface area contributed by atoms with Crippen LogP contribution in [0.1, 0.15) is 19.9 Å². The largest absolute Gasteiger partial charge is 0.378 e. The van der Waals surface area contributed by atoms with E-state index in [4.69, 9.17) is 19.4 Å². The van der Waals surface area contributed by atoms with Crippen LogP contribution in [-0.4, -0.2) is 62.6 Å². The Balaban J connectivity index is 1.86. The molecule has 0 amide bonds.